The van der Waals surface area contributed by atoms with Crippen LogP contribution in [-0.2, 0) is 23.2 Å². The smallest absolute Gasteiger partial charge is 0.243 e. The number of hydrogen-bond donors (Lipinski definition) is 1. The van der Waals surface area contributed by atoms with Gasteiger partial charge in [-0.3, -0.25) is 4.98 Å². The highest BCUT2D eigenvalue weighted by molar-refractivity contribution is 7.89. The van der Waals surface area contributed by atoms with Crippen molar-refractivity contribution in [2.24, 2.45) is 0 Å². The highest BCUT2D eigenvalue weighted by Gasteiger charge is 2.23. The maximum atomic E-state index is 12.7. The third-order valence-electron chi connectivity index (χ3n) is 3.41. The highest BCUT2D eigenvalue weighted by atomic mass is 32.2. The molecule has 112 valence electrons. The summed E-state index contributed by atoms with van der Waals surface area (Å²) in [5.74, 6) is 0. The van der Waals surface area contributed by atoms with Crippen LogP contribution in [0.3, 0.4) is 0 Å². The number of aliphatic hydroxyl groups excluding tert-OH is 1. The minimum absolute atomic E-state index is 0.177. The predicted molar refractivity (Wildman–Crippen MR) is 80.0 cm³/mol. The zero-order valence-corrected chi connectivity index (χ0v) is 12.8. The number of aliphatic hydroxyl groups is 1. The summed E-state index contributed by atoms with van der Waals surface area (Å²) in [5.41, 5.74) is 2.07. The van der Waals surface area contributed by atoms with E-state index in [1.165, 1.54) is 4.31 Å². The number of rotatable bonds is 5. The van der Waals surface area contributed by atoms with Crippen molar-refractivity contribution >= 4 is 10.0 Å². The molecule has 0 fully saturated rings. The van der Waals surface area contributed by atoms with E-state index < -0.39 is 10.0 Å². The van der Waals surface area contributed by atoms with Crippen LogP contribution in [-0.4, -0.2) is 29.9 Å². The van der Waals surface area contributed by atoms with Crippen LogP contribution in [0.5, 0.6) is 0 Å². The van der Waals surface area contributed by atoms with Gasteiger partial charge in [-0.15, -0.1) is 0 Å². The minimum atomic E-state index is -3.60. The summed E-state index contributed by atoms with van der Waals surface area (Å²) in [6.45, 7) is 1.80. The molecule has 6 heteroatoms. The van der Waals surface area contributed by atoms with Crippen LogP contribution in [0.1, 0.15) is 16.7 Å². The molecule has 21 heavy (non-hydrogen) atoms. The van der Waals surface area contributed by atoms with Crippen LogP contribution in [0.15, 0.2) is 47.6 Å². The Kier molecular flexibility index (Phi) is 4.72. The summed E-state index contributed by atoms with van der Waals surface area (Å²) in [4.78, 5) is 4.14. The fraction of sp³-hybridized carbons (Fsp3) is 0.267. The monoisotopic (exact) mass is 306 g/mol. The number of hydrogen-bond acceptors (Lipinski definition) is 4. The molecule has 1 aromatic heterocycles. The van der Waals surface area contributed by atoms with Crippen molar-refractivity contribution in [3.05, 3.63) is 59.4 Å². The van der Waals surface area contributed by atoms with Crippen LogP contribution in [0, 0.1) is 6.92 Å². The lowest BCUT2D eigenvalue weighted by Crippen LogP contribution is -2.27. The molecule has 0 spiro atoms. The Bertz CT molecular complexity index is 715. The van der Waals surface area contributed by atoms with Crippen molar-refractivity contribution in [1.82, 2.24) is 9.29 Å². The van der Waals surface area contributed by atoms with Gasteiger partial charge in [-0.25, -0.2) is 8.42 Å². The number of pyridine rings is 1. The first kappa shape index (κ1) is 15.6. The molecule has 0 saturated heterocycles. The van der Waals surface area contributed by atoms with E-state index in [1.807, 2.05) is 0 Å². The van der Waals surface area contributed by atoms with Crippen molar-refractivity contribution in [2.45, 2.75) is 25.0 Å². The maximum absolute atomic E-state index is 12.7. The minimum Gasteiger partial charge on any atom is -0.392 e. The summed E-state index contributed by atoms with van der Waals surface area (Å²) < 4.78 is 26.6. The number of nitrogens with zero attached hydrogens (tertiary/aromatic N) is 2. The average molecular weight is 306 g/mol. The van der Waals surface area contributed by atoms with Gasteiger partial charge in [-0.1, -0.05) is 12.1 Å². The van der Waals surface area contributed by atoms with Gasteiger partial charge in [0.2, 0.25) is 10.0 Å². The normalized spacial score (nSPS) is 11.8. The van der Waals surface area contributed by atoms with Gasteiger partial charge >= 0.3 is 0 Å². The summed E-state index contributed by atoms with van der Waals surface area (Å²) in [5, 5.41) is 9.27. The molecule has 5 nitrogen and oxygen atoms in total. The van der Waals surface area contributed by atoms with Gasteiger partial charge in [-0.2, -0.15) is 4.31 Å². The van der Waals surface area contributed by atoms with E-state index in [4.69, 9.17) is 0 Å². The molecule has 0 unspecified atom stereocenters. The lowest BCUT2D eigenvalue weighted by molar-refractivity contribution is 0.280. The lowest BCUT2D eigenvalue weighted by Gasteiger charge is -2.19. The standard InChI is InChI=1S/C15H18N2O3S/c1-12-14(11-18)4-3-5-15(12)21(19,20)17(2)10-13-6-8-16-9-7-13/h3-9,18H,10-11H2,1-2H3. The summed E-state index contributed by atoms with van der Waals surface area (Å²) in [7, 11) is -2.06. The molecule has 1 N–H and O–H groups in total. The Hall–Kier alpha value is -1.76. The Balaban J connectivity index is 2.34. The second kappa shape index (κ2) is 6.34. The third-order valence-corrected chi connectivity index (χ3v) is 5.36. The molecular formula is C15H18N2O3S. The van der Waals surface area contributed by atoms with Crippen LogP contribution >= 0.6 is 0 Å². The fourth-order valence-electron chi connectivity index (χ4n) is 2.11. The molecule has 2 aromatic rings. The molecule has 2 rings (SSSR count). The Morgan fingerprint density at radius 1 is 1.19 bits per heavy atom. The van der Waals surface area contributed by atoms with Crippen molar-refractivity contribution in [3.63, 3.8) is 0 Å². The largest absolute Gasteiger partial charge is 0.392 e. The number of aromatic nitrogens is 1. The van der Waals surface area contributed by atoms with Crippen molar-refractivity contribution in [2.75, 3.05) is 7.05 Å². The quantitative estimate of drug-likeness (QED) is 0.913. The van der Waals surface area contributed by atoms with E-state index in [2.05, 4.69) is 4.98 Å². The first-order valence-corrected chi connectivity index (χ1v) is 7.95. The number of sulfonamides is 1. The highest BCUT2D eigenvalue weighted by Crippen LogP contribution is 2.23. The van der Waals surface area contributed by atoms with Gasteiger partial charge in [-0.05, 0) is 41.8 Å². The average Bonchev–Trinajstić information content (AvgIpc) is 2.48. The van der Waals surface area contributed by atoms with E-state index in [0.29, 0.717) is 11.1 Å². The molecule has 0 radical (unpaired) electrons. The molecule has 0 bridgehead atoms. The van der Waals surface area contributed by atoms with E-state index in [0.717, 1.165) is 5.56 Å². The Morgan fingerprint density at radius 2 is 1.86 bits per heavy atom. The summed E-state index contributed by atoms with van der Waals surface area (Å²) >= 11 is 0. The number of benzene rings is 1. The second-order valence-electron chi connectivity index (χ2n) is 4.81. The van der Waals surface area contributed by atoms with Crippen LogP contribution in [0.4, 0.5) is 0 Å². The topological polar surface area (TPSA) is 70.5 Å². The molecule has 0 amide bonds. The van der Waals surface area contributed by atoms with Crippen molar-refractivity contribution in [3.8, 4) is 0 Å². The molecular weight excluding hydrogens is 288 g/mol. The fourth-order valence-corrected chi connectivity index (χ4v) is 3.53. The summed E-state index contributed by atoms with van der Waals surface area (Å²) in [6.07, 6.45) is 3.26. The van der Waals surface area contributed by atoms with Gasteiger partial charge in [0, 0.05) is 26.0 Å². The van der Waals surface area contributed by atoms with Crippen LogP contribution in [0.25, 0.3) is 0 Å². The van der Waals surface area contributed by atoms with Gasteiger partial charge in [0.1, 0.15) is 0 Å². The van der Waals surface area contributed by atoms with Gasteiger partial charge in [0.15, 0.2) is 0 Å². The SMILES string of the molecule is Cc1c(CO)cccc1S(=O)(=O)N(C)Cc1ccncc1. The van der Waals surface area contributed by atoms with E-state index in [9.17, 15) is 13.5 Å². The first-order valence-electron chi connectivity index (χ1n) is 6.51. The second-order valence-corrected chi connectivity index (χ2v) is 6.83. The zero-order valence-electron chi connectivity index (χ0n) is 12.0. The zero-order chi connectivity index (χ0) is 15.5. The molecule has 0 aliphatic carbocycles. The Labute approximate surface area is 124 Å². The van der Waals surface area contributed by atoms with Crippen molar-refractivity contribution in [1.29, 1.82) is 0 Å². The molecule has 0 aliphatic heterocycles. The van der Waals surface area contributed by atoms with Gasteiger partial charge in [0.25, 0.3) is 0 Å². The van der Waals surface area contributed by atoms with Crippen LogP contribution in [0.2, 0.25) is 0 Å². The first-order chi connectivity index (χ1) is 9.96. The third kappa shape index (κ3) is 3.29. The summed E-state index contributed by atoms with van der Waals surface area (Å²) in [6, 6.07) is 8.49. The molecule has 0 saturated carbocycles. The lowest BCUT2D eigenvalue weighted by atomic mass is 10.1. The van der Waals surface area contributed by atoms with Crippen LogP contribution < -0.4 is 0 Å². The Morgan fingerprint density at radius 3 is 2.48 bits per heavy atom. The molecule has 1 heterocycles. The van der Waals surface area contributed by atoms with E-state index in [-0.39, 0.29) is 18.0 Å². The van der Waals surface area contributed by atoms with Crippen molar-refractivity contribution < 1.29 is 13.5 Å². The van der Waals surface area contributed by atoms with Gasteiger partial charge in [0.05, 0.1) is 11.5 Å². The predicted octanol–water partition coefficient (Wildman–Crippen LogP) is 1.70. The molecule has 0 aliphatic rings. The van der Waals surface area contributed by atoms with E-state index >= 15 is 0 Å². The molecule has 1 aromatic carbocycles. The van der Waals surface area contributed by atoms with E-state index in [1.54, 1.807) is 56.7 Å². The maximum Gasteiger partial charge on any atom is 0.243 e. The van der Waals surface area contributed by atoms with Gasteiger partial charge < -0.3 is 5.11 Å². The molecule has 0 atom stereocenters.